The van der Waals surface area contributed by atoms with Gasteiger partial charge in [-0.05, 0) is 29.8 Å². The minimum Gasteiger partial charge on any atom is -0.406 e. The predicted molar refractivity (Wildman–Crippen MR) is 39.9 cm³/mol. The van der Waals surface area contributed by atoms with Crippen LogP contribution < -0.4 is 10.5 Å². The normalized spacial score (nSPS) is 11.4. The Morgan fingerprint density at radius 2 is 2.08 bits per heavy atom. The molecule has 0 amide bonds. The fourth-order valence-electron chi connectivity index (χ4n) is 0.807. The lowest BCUT2D eigenvalue weighted by Crippen LogP contribution is -2.17. The number of halogens is 3. The zero-order valence-corrected chi connectivity index (χ0v) is 6.56. The van der Waals surface area contributed by atoms with E-state index in [4.69, 9.17) is 5.73 Å². The van der Waals surface area contributed by atoms with Gasteiger partial charge in [-0.25, -0.2) is 0 Å². The molecule has 0 heterocycles. The maximum atomic E-state index is 11.7. The Kier molecular flexibility index (Phi) is 2.77. The minimum absolute atomic E-state index is 0.158. The van der Waals surface area contributed by atoms with E-state index < -0.39 is 6.36 Å². The van der Waals surface area contributed by atoms with Crippen molar-refractivity contribution in [1.29, 1.82) is 0 Å². The molecule has 0 aromatic heterocycles. The molecule has 0 bridgehead atoms. The first-order chi connectivity index (χ1) is 6.01. The van der Waals surface area contributed by atoms with Crippen molar-refractivity contribution in [3.8, 4) is 5.75 Å². The quantitative estimate of drug-likeness (QED) is 0.772. The number of alkyl halides is 3. The van der Waals surface area contributed by atoms with Crippen LogP contribution in [0.5, 0.6) is 5.75 Å². The molecule has 1 rings (SSSR count). The molecule has 0 saturated heterocycles. The van der Waals surface area contributed by atoms with Crippen LogP contribution in [0.1, 0.15) is 5.56 Å². The second-order valence-electron chi connectivity index (χ2n) is 2.33. The minimum atomic E-state index is -4.67. The van der Waals surface area contributed by atoms with E-state index in [0.717, 1.165) is 6.07 Å². The van der Waals surface area contributed by atoms with Crippen molar-refractivity contribution in [3.05, 3.63) is 29.8 Å². The summed E-state index contributed by atoms with van der Waals surface area (Å²) in [4.78, 5) is 0. The summed E-state index contributed by atoms with van der Waals surface area (Å²) in [6.45, 7) is 0.158. The number of rotatable bonds is 2. The first kappa shape index (κ1) is 9.85. The summed E-state index contributed by atoms with van der Waals surface area (Å²) in [5.41, 5.74) is 5.77. The van der Waals surface area contributed by atoms with Gasteiger partial charge in [-0.2, -0.15) is 0 Å². The third-order valence-electron chi connectivity index (χ3n) is 1.29. The summed E-state index contributed by atoms with van der Waals surface area (Å²) >= 11 is 0. The smallest absolute Gasteiger partial charge is 0.406 e. The molecule has 5 heteroatoms. The van der Waals surface area contributed by atoms with Crippen molar-refractivity contribution in [3.63, 3.8) is 0 Å². The van der Waals surface area contributed by atoms with Crippen molar-refractivity contribution in [2.45, 2.75) is 12.9 Å². The molecule has 0 fully saturated rings. The summed E-state index contributed by atoms with van der Waals surface area (Å²) < 4.78 is 38.8. The van der Waals surface area contributed by atoms with Crippen LogP contribution in [-0.2, 0) is 6.54 Å². The number of nitrogens with two attached hydrogens (primary N) is 1. The molecule has 2 N–H and O–H groups in total. The molecular weight excluding hydrogens is 183 g/mol. The largest absolute Gasteiger partial charge is 0.573 e. The second-order valence-corrected chi connectivity index (χ2v) is 2.33. The average molecular weight is 190 g/mol. The fraction of sp³-hybridized carbons (Fsp3) is 0.250. The van der Waals surface area contributed by atoms with Gasteiger partial charge in [-0.1, -0.05) is 0 Å². The van der Waals surface area contributed by atoms with Crippen LogP contribution in [0.15, 0.2) is 18.2 Å². The number of ether oxygens (including phenoxy) is 1. The van der Waals surface area contributed by atoms with E-state index in [1.54, 1.807) is 0 Å². The van der Waals surface area contributed by atoms with Gasteiger partial charge in [0, 0.05) is 6.54 Å². The van der Waals surface area contributed by atoms with E-state index >= 15 is 0 Å². The predicted octanol–water partition coefficient (Wildman–Crippen LogP) is 1.84. The highest BCUT2D eigenvalue weighted by molar-refractivity contribution is 5.27. The summed E-state index contributed by atoms with van der Waals surface area (Å²) in [7, 11) is 0. The molecule has 0 saturated carbocycles. The SMILES string of the molecule is NCc1c[c]cc(OC(F)(F)F)c1. The average Bonchev–Trinajstić information content (AvgIpc) is 2.01. The van der Waals surface area contributed by atoms with Crippen molar-refractivity contribution in [2.75, 3.05) is 0 Å². The zero-order valence-electron chi connectivity index (χ0n) is 6.56. The van der Waals surface area contributed by atoms with E-state index in [1.807, 2.05) is 0 Å². The van der Waals surface area contributed by atoms with Gasteiger partial charge in [0.2, 0.25) is 0 Å². The highest BCUT2D eigenvalue weighted by atomic mass is 19.4. The van der Waals surface area contributed by atoms with Crippen LogP contribution in [0.2, 0.25) is 0 Å². The summed E-state index contributed by atoms with van der Waals surface area (Å²) in [5, 5.41) is 0. The summed E-state index contributed by atoms with van der Waals surface area (Å²) in [6.07, 6.45) is -4.67. The van der Waals surface area contributed by atoms with Crippen LogP contribution >= 0.6 is 0 Å². The van der Waals surface area contributed by atoms with Gasteiger partial charge in [0.05, 0.1) is 0 Å². The molecule has 0 spiro atoms. The van der Waals surface area contributed by atoms with E-state index in [0.29, 0.717) is 5.56 Å². The Morgan fingerprint density at radius 1 is 1.38 bits per heavy atom. The molecular formula is C8H7F3NO. The first-order valence-electron chi connectivity index (χ1n) is 3.47. The van der Waals surface area contributed by atoms with Gasteiger partial charge in [0.15, 0.2) is 0 Å². The molecule has 0 unspecified atom stereocenters. The van der Waals surface area contributed by atoms with Crippen molar-refractivity contribution in [1.82, 2.24) is 0 Å². The first-order valence-corrected chi connectivity index (χ1v) is 3.47. The topological polar surface area (TPSA) is 35.2 Å². The van der Waals surface area contributed by atoms with Gasteiger partial charge >= 0.3 is 6.36 Å². The molecule has 71 valence electrons. The maximum absolute atomic E-state index is 11.7. The number of benzene rings is 1. The van der Waals surface area contributed by atoms with Crippen LogP contribution in [-0.4, -0.2) is 6.36 Å². The number of hydrogen-bond donors (Lipinski definition) is 1. The van der Waals surface area contributed by atoms with E-state index in [2.05, 4.69) is 10.8 Å². The van der Waals surface area contributed by atoms with Crippen molar-refractivity contribution >= 4 is 0 Å². The molecule has 1 aromatic rings. The summed E-state index contributed by atoms with van der Waals surface area (Å²) in [5.74, 6) is -0.296. The number of hydrogen-bond acceptors (Lipinski definition) is 2. The van der Waals surface area contributed by atoms with Crippen molar-refractivity contribution in [2.24, 2.45) is 5.73 Å². The third-order valence-corrected chi connectivity index (χ3v) is 1.29. The van der Waals surface area contributed by atoms with Gasteiger partial charge in [0.25, 0.3) is 0 Å². The molecule has 1 aromatic carbocycles. The Hall–Kier alpha value is -1.23. The van der Waals surface area contributed by atoms with Crippen LogP contribution in [0, 0.1) is 6.07 Å². The fourth-order valence-corrected chi connectivity index (χ4v) is 0.807. The monoisotopic (exact) mass is 190 g/mol. The van der Waals surface area contributed by atoms with Gasteiger partial charge in [-0.3, -0.25) is 0 Å². The third kappa shape index (κ3) is 3.33. The van der Waals surface area contributed by atoms with Crippen molar-refractivity contribution < 1.29 is 17.9 Å². The van der Waals surface area contributed by atoms with Crippen LogP contribution in [0.25, 0.3) is 0 Å². The Balaban J connectivity index is 2.78. The molecule has 0 aliphatic heterocycles. The Labute approximate surface area is 73.1 Å². The molecule has 1 radical (unpaired) electrons. The maximum Gasteiger partial charge on any atom is 0.573 e. The Morgan fingerprint density at radius 3 is 2.62 bits per heavy atom. The van der Waals surface area contributed by atoms with Gasteiger partial charge in [-0.15, -0.1) is 13.2 Å². The standard InChI is InChI=1S/C8H7F3NO/c9-8(10,11)13-7-3-1-2-6(4-7)5-12/h2-4H,5,12H2. The van der Waals surface area contributed by atoms with E-state index in [9.17, 15) is 13.2 Å². The van der Waals surface area contributed by atoms with E-state index in [-0.39, 0.29) is 12.3 Å². The highest BCUT2D eigenvalue weighted by Gasteiger charge is 2.30. The van der Waals surface area contributed by atoms with Gasteiger partial charge < -0.3 is 10.5 Å². The lowest BCUT2D eigenvalue weighted by molar-refractivity contribution is -0.274. The van der Waals surface area contributed by atoms with Crippen LogP contribution in [0.4, 0.5) is 13.2 Å². The van der Waals surface area contributed by atoms with E-state index in [1.165, 1.54) is 12.1 Å². The molecule has 0 aliphatic carbocycles. The molecule has 13 heavy (non-hydrogen) atoms. The molecule has 0 atom stereocenters. The highest BCUT2D eigenvalue weighted by Crippen LogP contribution is 2.22. The van der Waals surface area contributed by atoms with Gasteiger partial charge in [0.1, 0.15) is 5.75 Å². The molecule has 0 aliphatic rings. The zero-order chi connectivity index (χ0) is 9.90. The Bertz CT molecular complexity index is 285. The second kappa shape index (κ2) is 3.66. The lowest BCUT2D eigenvalue weighted by Gasteiger charge is -2.08. The summed E-state index contributed by atoms with van der Waals surface area (Å²) in [6, 6.07) is 6.33. The molecule has 2 nitrogen and oxygen atoms in total. The van der Waals surface area contributed by atoms with Crippen LogP contribution in [0.3, 0.4) is 0 Å². The lowest BCUT2D eigenvalue weighted by atomic mass is 10.2.